The molecule has 3 rings (SSSR count). The van der Waals surface area contributed by atoms with E-state index in [2.05, 4.69) is 31.2 Å². The number of fused-ring (bicyclic) bond motifs is 1. The Morgan fingerprint density at radius 3 is 2.61 bits per heavy atom. The molecule has 0 aliphatic heterocycles. The molecule has 0 spiro atoms. The summed E-state index contributed by atoms with van der Waals surface area (Å²) in [6, 6.07) is 12.0. The van der Waals surface area contributed by atoms with Crippen LogP contribution in [0.4, 0.5) is 0 Å². The molecule has 0 heterocycles. The van der Waals surface area contributed by atoms with Crippen molar-refractivity contribution < 1.29 is 0 Å². The lowest BCUT2D eigenvalue weighted by Crippen LogP contribution is -1.88. The van der Waals surface area contributed by atoms with Gasteiger partial charge in [0.25, 0.3) is 0 Å². The van der Waals surface area contributed by atoms with E-state index in [0.717, 1.165) is 12.0 Å². The molecule has 1 aliphatic carbocycles. The molecular weight excluding hydrogens is 263 g/mol. The lowest BCUT2D eigenvalue weighted by Gasteiger charge is -2.10. The van der Waals surface area contributed by atoms with Crippen LogP contribution in [0, 0.1) is 0 Å². The van der Waals surface area contributed by atoms with Crippen LogP contribution < -0.4 is 0 Å². The van der Waals surface area contributed by atoms with Crippen molar-refractivity contribution in [1.82, 2.24) is 0 Å². The molecule has 0 radical (unpaired) electrons. The van der Waals surface area contributed by atoms with E-state index in [1.807, 2.05) is 12.1 Å². The minimum absolute atomic E-state index is 0.669. The maximum absolute atomic E-state index is 6.30. The second-order valence-corrected chi connectivity index (χ2v) is 5.51. The summed E-state index contributed by atoms with van der Waals surface area (Å²) in [6.07, 6.45) is 3.28. The molecule has 18 heavy (non-hydrogen) atoms. The zero-order valence-corrected chi connectivity index (χ0v) is 11.5. The molecule has 0 saturated heterocycles. The highest BCUT2D eigenvalue weighted by Gasteiger charge is 2.15. The van der Waals surface area contributed by atoms with E-state index in [-0.39, 0.29) is 0 Å². The number of allylic oxidation sites excluding steroid dienone is 1. The lowest BCUT2D eigenvalue weighted by molar-refractivity contribution is 1.20. The first-order chi connectivity index (χ1) is 8.65. The Kier molecular flexibility index (Phi) is 2.93. The van der Waals surface area contributed by atoms with Crippen molar-refractivity contribution in [2.75, 3.05) is 0 Å². The number of halogens is 2. The summed E-state index contributed by atoms with van der Waals surface area (Å²) in [4.78, 5) is 0. The number of rotatable bonds is 1. The monoisotopic (exact) mass is 274 g/mol. The summed E-state index contributed by atoms with van der Waals surface area (Å²) in [6.45, 7) is 2.16. The molecule has 1 aliphatic rings. The summed E-state index contributed by atoms with van der Waals surface area (Å²) in [7, 11) is 0. The summed E-state index contributed by atoms with van der Waals surface area (Å²) >= 11 is 12.2. The zero-order chi connectivity index (χ0) is 12.7. The Morgan fingerprint density at radius 2 is 1.83 bits per heavy atom. The van der Waals surface area contributed by atoms with Crippen molar-refractivity contribution in [3.05, 3.63) is 63.1 Å². The van der Waals surface area contributed by atoms with Gasteiger partial charge in [0.2, 0.25) is 0 Å². The fourth-order valence-corrected chi connectivity index (χ4v) is 2.99. The Hall–Kier alpha value is -1.24. The van der Waals surface area contributed by atoms with Gasteiger partial charge >= 0.3 is 0 Å². The van der Waals surface area contributed by atoms with Crippen LogP contribution in [0.3, 0.4) is 0 Å². The molecule has 0 bridgehead atoms. The van der Waals surface area contributed by atoms with Crippen molar-refractivity contribution in [1.29, 1.82) is 0 Å². The molecule has 0 atom stereocenters. The summed E-state index contributed by atoms with van der Waals surface area (Å²) in [5.41, 5.74) is 6.28. The van der Waals surface area contributed by atoms with Crippen LogP contribution in [-0.4, -0.2) is 0 Å². The second kappa shape index (κ2) is 4.46. The van der Waals surface area contributed by atoms with E-state index in [9.17, 15) is 0 Å². The molecule has 2 heteroatoms. The summed E-state index contributed by atoms with van der Waals surface area (Å²) < 4.78 is 0. The van der Waals surface area contributed by atoms with E-state index in [4.69, 9.17) is 23.2 Å². The summed E-state index contributed by atoms with van der Waals surface area (Å²) in [5.74, 6) is 0. The summed E-state index contributed by atoms with van der Waals surface area (Å²) in [5, 5.41) is 1.37. The van der Waals surface area contributed by atoms with Gasteiger partial charge in [-0.25, -0.2) is 0 Å². The Bertz CT molecular complexity index is 654. The van der Waals surface area contributed by atoms with Gasteiger partial charge in [-0.3, -0.25) is 0 Å². The Morgan fingerprint density at radius 1 is 1.00 bits per heavy atom. The van der Waals surface area contributed by atoms with Crippen molar-refractivity contribution in [2.45, 2.75) is 13.3 Å². The van der Waals surface area contributed by atoms with Crippen molar-refractivity contribution in [2.24, 2.45) is 0 Å². The van der Waals surface area contributed by atoms with Crippen LogP contribution in [-0.2, 0) is 6.42 Å². The molecule has 0 saturated carbocycles. The van der Waals surface area contributed by atoms with Crippen molar-refractivity contribution in [3.8, 4) is 11.1 Å². The average Bonchev–Trinajstić information content (AvgIpc) is 2.69. The predicted octanol–water partition coefficient (Wildman–Crippen LogP) is 5.62. The van der Waals surface area contributed by atoms with Crippen LogP contribution in [0.25, 0.3) is 17.2 Å². The predicted molar refractivity (Wildman–Crippen MR) is 79.3 cm³/mol. The van der Waals surface area contributed by atoms with Gasteiger partial charge in [0.1, 0.15) is 0 Å². The molecule has 2 aromatic rings. The molecule has 0 N–H and O–H groups in total. The highest BCUT2D eigenvalue weighted by Crippen LogP contribution is 2.37. The smallest absolute Gasteiger partial charge is 0.0499 e. The van der Waals surface area contributed by atoms with Crippen LogP contribution in [0.5, 0.6) is 0 Å². The number of hydrogen-bond donors (Lipinski definition) is 0. The zero-order valence-electron chi connectivity index (χ0n) is 10.0. The minimum atomic E-state index is 0.669. The molecule has 0 unspecified atom stereocenters. The average molecular weight is 275 g/mol. The number of benzene rings is 2. The molecule has 0 amide bonds. The second-order valence-electron chi connectivity index (χ2n) is 4.67. The van der Waals surface area contributed by atoms with Crippen LogP contribution in [0.1, 0.15) is 18.1 Å². The normalized spacial score (nSPS) is 13.4. The van der Waals surface area contributed by atoms with Crippen LogP contribution in [0.15, 0.2) is 42.0 Å². The Labute approximate surface area is 117 Å². The fraction of sp³-hybridized carbons (Fsp3) is 0.125. The van der Waals surface area contributed by atoms with Gasteiger partial charge in [-0.05, 0) is 42.2 Å². The maximum atomic E-state index is 6.30. The van der Waals surface area contributed by atoms with E-state index < -0.39 is 0 Å². The molecule has 2 aromatic carbocycles. The first-order valence-corrected chi connectivity index (χ1v) is 6.65. The van der Waals surface area contributed by atoms with E-state index in [1.165, 1.54) is 22.3 Å². The van der Waals surface area contributed by atoms with E-state index >= 15 is 0 Å². The maximum Gasteiger partial charge on any atom is 0.0499 e. The van der Waals surface area contributed by atoms with Gasteiger partial charge in [0, 0.05) is 15.6 Å². The largest absolute Gasteiger partial charge is 0.0843 e. The van der Waals surface area contributed by atoms with Gasteiger partial charge in [0.05, 0.1) is 0 Å². The van der Waals surface area contributed by atoms with Gasteiger partial charge < -0.3 is 0 Å². The van der Waals surface area contributed by atoms with Gasteiger partial charge in [-0.1, -0.05) is 59.1 Å². The highest BCUT2D eigenvalue weighted by atomic mass is 35.5. The molecule has 0 nitrogen and oxygen atoms in total. The fourth-order valence-electron chi connectivity index (χ4n) is 2.48. The van der Waals surface area contributed by atoms with Gasteiger partial charge in [0.15, 0.2) is 0 Å². The molecule has 0 fully saturated rings. The third-order valence-electron chi connectivity index (χ3n) is 3.28. The molecule has 0 aromatic heterocycles. The first kappa shape index (κ1) is 11.8. The van der Waals surface area contributed by atoms with Gasteiger partial charge in [-0.2, -0.15) is 0 Å². The lowest BCUT2D eigenvalue weighted by atomic mass is 9.97. The molecular formula is C16H12Cl2. The highest BCUT2D eigenvalue weighted by molar-refractivity contribution is 6.36. The first-order valence-electron chi connectivity index (χ1n) is 5.89. The van der Waals surface area contributed by atoms with Crippen LogP contribution in [0.2, 0.25) is 10.0 Å². The topological polar surface area (TPSA) is 0 Å². The van der Waals surface area contributed by atoms with E-state index in [1.54, 1.807) is 6.07 Å². The number of hydrogen-bond acceptors (Lipinski definition) is 0. The van der Waals surface area contributed by atoms with Crippen molar-refractivity contribution >= 4 is 29.3 Å². The quantitative estimate of drug-likeness (QED) is 0.633. The third kappa shape index (κ3) is 1.96. The minimum Gasteiger partial charge on any atom is -0.0843 e. The van der Waals surface area contributed by atoms with Crippen molar-refractivity contribution in [3.63, 3.8) is 0 Å². The molecule has 90 valence electrons. The third-order valence-corrected chi connectivity index (χ3v) is 3.83. The SMILES string of the molecule is CC1=Cc2c(cccc2-c2ccc(Cl)cc2Cl)C1. The standard InChI is InChI=1S/C16H12Cl2/c1-10-7-11-3-2-4-13(15(11)8-10)14-6-5-12(17)9-16(14)18/h2-6,8-9H,7H2,1H3. The van der Waals surface area contributed by atoms with Crippen LogP contribution >= 0.6 is 23.2 Å². The Balaban J connectivity index is 2.22. The van der Waals surface area contributed by atoms with Gasteiger partial charge in [-0.15, -0.1) is 0 Å². The van der Waals surface area contributed by atoms with E-state index in [0.29, 0.717) is 10.0 Å².